The molecule has 0 spiro atoms. The molecule has 0 radical (unpaired) electrons. The highest BCUT2D eigenvalue weighted by Crippen LogP contribution is 2.19. The molecule has 0 heterocycles. The van der Waals surface area contributed by atoms with E-state index in [0.29, 0.717) is 23.2 Å². The first-order valence-electron chi connectivity index (χ1n) is 9.23. The lowest BCUT2D eigenvalue weighted by atomic mass is 10.0. The molecule has 6 heteroatoms. The molecule has 0 saturated carbocycles. The van der Waals surface area contributed by atoms with Gasteiger partial charge in [0.1, 0.15) is 0 Å². The summed E-state index contributed by atoms with van der Waals surface area (Å²) in [6, 6.07) is 23.4. The predicted octanol–water partition coefficient (Wildman–Crippen LogP) is 3.78. The Labute approximate surface area is 168 Å². The maximum Gasteiger partial charge on any atom is 0.269 e. The zero-order chi connectivity index (χ0) is 20.6. The van der Waals surface area contributed by atoms with E-state index >= 15 is 0 Å². The molecule has 0 saturated heterocycles. The van der Waals surface area contributed by atoms with Crippen molar-refractivity contribution in [3.05, 3.63) is 90.0 Å². The number of carbonyl (C=O) groups is 3. The summed E-state index contributed by atoms with van der Waals surface area (Å²) in [5.74, 6) is -0.967. The maximum absolute atomic E-state index is 12.3. The van der Waals surface area contributed by atoms with Crippen molar-refractivity contribution in [1.29, 1.82) is 0 Å². The van der Waals surface area contributed by atoms with Crippen LogP contribution >= 0.6 is 0 Å². The number of amides is 3. The molecule has 3 aromatic carbocycles. The summed E-state index contributed by atoms with van der Waals surface area (Å²) in [5, 5.41) is 2.71. The van der Waals surface area contributed by atoms with Crippen LogP contribution in [-0.2, 0) is 4.79 Å². The van der Waals surface area contributed by atoms with Crippen LogP contribution in [0.1, 0.15) is 34.1 Å². The average Bonchev–Trinajstić information content (AvgIpc) is 2.78. The standard InChI is InChI=1S/C23H21N3O3/c1-2-21(27)24-20-14-12-19(13-15-20)23(29)26-25-22(28)18-10-8-17(9-11-18)16-6-4-3-5-7-16/h3-15H,2H2,1H3,(H,24,27)(H,25,28)(H,26,29). The van der Waals surface area contributed by atoms with Crippen molar-refractivity contribution in [3.63, 3.8) is 0 Å². The van der Waals surface area contributed by atoms with Crippen LogP contribution in [0.4, 0.5) is 5.69 Å². The zero-order valence-corrected chi connectivity index (χ0v) is 15.9. The van der Waals surface area contributed by atoms with E-state index in [1.165, 1.54) is 0 Å². The van der Waals surface area contributed by atoms with Gasteiger partial charge in [0.2, 0.25) is 5.91 Å². The topological polar surface area (TPSA) is 87.3 Å². The Bertz CT molecular complexity index is 998. The van der Waals surface area contributed by atoms with E-state index in [9.17, 15) is 14.4 Å². The molecule has 3 rings (SSSR count). The fraction of sp³-hybridized carbons (Fsp3) is 0.0870. The van der Waals surface area contributed by atoms with Gasteiger partial charge in [-0.15, -0.1) is 0 Å². The third-order valence-electron chi connectivity index (χ3n) is 4.30. The van der Waals surface area contributed by atoms with E-state index in [-0.39, 0.29) is 5.91 Å². The molecule has 0 unspecified atom stereocenters. The van der Waals surface area contributed by atoms with Gasteiger partial charge in [0, 0.05) is 23.2 Å². The van der Waals surface area contributed by atoms with Crippen LogP contribution in [0, 0.1) is 0 Å². The molecule has 3 amide bonds. The number of hydrazine groups is 1. The average molecular weight is 387 g/mol. The number of anilines is 1. The van der Waals surface area contributed by atoms with Gasteiger partial charge < -0.3 is 5.32 Å². The maximum atomic E-state index is 12.3. The van der Waals surface area contributed by atoms with Crippen molar-refractivity contribution in [2.75, 3.05) is 5.32 Å². The zero-order valence-electron chi connectivity index (χ0n) is 15.9. The molecular formula is C23H21N3O3. The second kappa shape index (κ2) is 9.32. The van der Waals surface area contributed by atoms with E-state index in [2.05, 4.69) is 16.2 Å². The van der Waals surface area contributed by atoms with Gasteiger partial charge in [-0.1, -0.05) is 49.4 Å². The Balaban J connectivity index is 1.56. The molecule has 0 aliphatic carbocycles. The minimum Gasteiger partial charge on any atom is -0.326 e. The summed E-state index contributed by atoms with van der Waals surface area (Å²) in [6.45, 7) is 1.76. The number of hydrogen-bond acceptors (Lipinski definition) is 3. The molecule has 3 aromatic rings. The number of carbonyl (C=O) groups excluding carboxylic acids is 3. The van der Waals surface area contributed by atoms with Gasteiger partial charge in [0.25, 0.3) is 11.8 Å². The lowest BCUT2D eigenvalue weighted by Crippen LogP contribution is -2.41. The minimum atomic E-state index is -0.451. The van der Waals surface area contributed by atoms with Gasteiger partial charge in [-0.3, -0.25) is 25.2 Å². The molecule has 0 aliphatic heterocycles. The fourth-order valence-corrected chi connectivity index (χ4v) is 2.66. The normalized spacial score (nSPS) is 10.1. The SMILES string of the molecule is CCC(=O)Nc1ccc(C(=O)NNC(=O)c2ccc(-c3ccccc3)cc2)cc1. The second-order valence-electron chi connectivity index (χ2n) is 6.33. The number of hydrogen-bond donors (Lipinski definition) is 3. The van der Waals surface area contributed by atoms with E-state index in [0.717, 1.165) is 11.1 Å². The highest BCUT2D eigenvalue weighted by molar-refractivity contribution is 5.99. The summed E-state index contributed by atoms with van der Waals surface area (Å²) >= 11 is 0. The first-order valence-corrected chi connectivity index (χ1v) is 9.23. The summed E-state index contributed by atoms with van der Waals surface area (Å²) in [6.07, 6.45) is 0.376. The molecule has 0 aliphatic rings. The van der Waals surface area contributed by atoms with Crippen LogP contribution in [0.5, 0.6) is 0 Å². The molecular weight excluding hydrogens is 366 g/mol. The fourth-order valence-electron chi connectivity index (χ4n) is 2.66. The van der Waals surface area contributed by atoms with Crippen molar-refractivity contribution in [1.82, 2.24) is 10.9 Å². The van der Waals surface area contributed by atoms with Gasteiger partial charge in [-0.25, -0.2) is 0 Å². The van der Waals surface area contributed by atoms with E-state index in [4.69, 9.17) is 0 Å². The molecule has 6 nitrogen and oxygen atoms in total. The van der Waals surface area contributed by atoms with Crippen LogP contribution in [0.15, 0.2) is 78.9 Å². The number of nitrogens with one attached hydrogen (secondary N) is 3. The Morgan fingerprint density at radius 2 is 1.14 bits per heavy atom. The van der Waals surface area contributed by atoms with Crippen molar-refractivity contribution in [3.8, 4) is 11.1 Å². The largest absolute Gasteiger partial charge is 0.326 e. The lowest BCUT2D eigenvalue weighted by Gasteiger charge is -2.09. The molecule has 0 bridgehead atoms. The smallest absolute Gasteiger partial charge is 0.269 e. The lowest BCUT2D eigenvalue weighted by molar-refractivity contribution is -0.115. The molecule has 3 N–H and O–H groups in total. The van der Waals surface area contributed by atoms with Crippen LogP contribution in [0.3, 0.4) is 0 Å². The van der Waals surface area contributed by atoms with Crippen molar-refractivity contribution in [2.45, 2.75) is 13.3 Å². The quantitative estimate of drug-likeness (QED) is 0.582. The second-order valence-corrected chi connectivity index (χ2v) is 6.33. The highest BCUT2D eigenvalue weighted by Gasteiger charge is 2.10. The summed E-state index contributed by atoms with van der Waals surface area (Å²) < 4.78 is 0. The van der Waals surface area contributed by atoms with Crippen LogP contribution in [-0.4, -0.2) is 17.7 Å². The van der Waals surface area contributed by atoms with Gasteiger partial charge in [-0.05, 0) is 47.5 Å². The molecule has 0 fully saturated rings. The Morgan fingerprint density at radius 1 is 0.655 bits per heavy atom. The first kappa shape index (κ1) is 19.8. The molecule has 146 valence electrons. The Kier molecular flexibility index (Phi) is 6.37. The molecule has 0 atom stereocenters. The van der Waals surface area contributed by atoms with Crippen LogP contribution < -0.4 is 16.2 Å². The predicted molar refractivity (Wildman–Crippen MR) is 112 cm³/mol. The summed E-state index contributed by atoms with van der Waals surface area (Å²) in [5.41, 5.74) is 8.26. The highest BCUT2D eigenvalue weighted by atomic mass is 16.2. The Hall–Kier alpha value is -3.93. The van der Waals surface area contributed by atoms with E-state index in [1.807, 2.05) is 42.5 Å². The van der Waals surface area contributed by atoms with Crippen LogP contribution in [0.2, 0.25) is 0 Å². The van der Waals surface area contributed by atoms with Crippen molar-refractivity contribution < 1.29 is 14.4 Å². The Morgan fingerprint density at radius 3 is 1.66 bits per heavy atom. The van der Waals surface area contributed by atoms with Gasteiger partial charge in [-0.2, -0.15) is 0 Å². The van der Waals surface area contributed by atoms with Crippen molar-refractivity contribution >= 4 is 23.4 Å². The molecule has 0 aromatic heterocycles. The number of benzene rings is 3. The minimum absolute atomic E-state index is 0.104. The van der Waals surface area contributed by atoms with Gasteiger partial charge in [0.15, 0.2) is 0 Å². The third-order valence-corrected chi connectivity index (χ3v) is 4.30. The molecule has 29 heavy (non-hydrogen) atoms. The van der Waals surface area contributed by atoms with Gasteiger partial charge in [0.05, 0.1) is 0 Å². The summed E-state index contributed by atoms with van der Waals surface area (Å²) in [7, 11) is 0. The monoisotopic (exact) mass is 387 g/mol. The number of rotatable bonds is 5. The van der Waals surface area contributed by atoms with E-state index in [1.54, 1.807) is 43.3 Å². The van der Waals surface area contributed by atoms with Crippen LogP contribution in [0.25, 0.3) is 11.1 Å². The van der Waals surface area contributed by atoms with Gasteiger partial charge >= 0.3 is 0 Å². The van der Waals surface area contributed by atoms with Crippen molar-refractivity contribution in [2.24, 2.45) is 0 Å². The van der Waals surface area contributed by atoms with E-state index < -0.39 is 11.8 Å². The third kappa shape index (κ3) is 5.29. The summed E-state index contributed by atoms with van der Waals surface area (Å²) in [4.78, 5) is 35.8. The first-order chi connectivity index (χ1) is 14.1.